The summed E-state index contributed by atoms with van der Waals surface area (Å²) in [5, 5.41) is 0. The van der Waals surface area contributed by atoms with Gasteiger partial charge in [0, 0.05) is 6.20 Å². The van der Waals surface area contributed by atoms with Gasteiger partial charge in [-0.1, -0.05) is 18.2 Å². The van der Waals surface area contributed by atoms with Crippen molar-refractivity contribution in [1.82, 2.24) is 15.0 Å². The molecule has 0 atom stereocenters. The van der Waals surface area contributed by atoms with Gasteiger partial charge < -0.3 is 4.98 Å². The van der Waals surface area contributed by atoms with Crippen molar-refractivity contribution in [3.63, 3.8) is 0 Å². The van der Waals surface area contributed by atoms with E-state index in [1.165, 1.54) is 0 Å². The van der Waals surface area contributed by atoms with E-state index in [4.69, 9.17) is 18.8 Å². The Morgan fingerprint density at radius 1 is 1.00 bits per heavy atom. The Labute approximate surface area is 121 Å². The van der Waals surface area contributed by atoms with Crippen molar-refractivity contribution in [2.75, 3.05) is 0 Å². The molecule has 0 fully saturated rings. The molecule has 0 saturated heterocycles. The van der Waals surface area contributed by atoms with Crippen molar-refractivity contribution < 1.29 is 16.5 Å². The number of benzene rings is 1. The van der Waals surface area contributed by atoms with E-state index in [1.807, 2.05) is 42.5 Å². The summed E-state index contributed by atoms with van der Waals surface area (Å²) in [4.78, 5) is 12.0. The minimum atomic E-state index is -0.472. The molecule has 0 spiro atoms. The summed E-state index contributed by atoms with van der Waals surface area (Å²) in [7, 11) is 9.75. The second-order valence-corrected chi connectivity index (χ2v) is 6.65. The molecule has 0 bridgehead atoms. The number of rotatable bonds is 1. The number of hydrogen-bond donors (Lipinski definition) is 1. The smallest absolute Gasteiger partial charge is 0.157 e. The first kappa shape index (κ1) is 13.5. The first-order chi connectivity index (χ1) is 8.85. The Hall–Kier alpha value is -0.892. The number of fused-ring (bicyclic) bond motifs is 1. The molecule has 0 aliphatic heterocycles. The van der Waals surface area contributed by atoms with Crippen LogP contribution in [0.3, 0.4) is 0 Å². The molecule has 3 rings (SSSR count). The molecule has 0 aliphatic rings. The van der Waals surface area contributed by atoms with E-state index in [2.05, 4.69) is 15.0 Å². The standard InChI is InChI=1S/C12H9N3.2ClH.Pt/c1-2-6-10-9(5-1)14-12(15-10)11-7-3-4-8-13-11;;;/h1-8H,(H,14,15);2*1H;/q;;;+2/p-2. The number of nitrogens with zero attached hydrogens (tertiary/aromatic N) is 2. The maximum absolute atomic E-state index is 4.88. The molecule has 18 heavy (non-hydrogen) atoms. The zero-order valence-corrected chi connectivity index (χ0v) is 12.9. The van der Waals surface area contributed by atoms with Crippen LogP contribution in [0.15, 0.2) is 48.7 Å². The zero-order valence-electron chi connectivity index (χ0n) is 9.09. The van der Waals surface area contributed by atoms with Crippen LogP contribution in [-0.4, -0.2) is 15.0 Å². The predicted octanol–water partition coefficient (Wildman–Crippen LogP) is 4.00. The molecule has 0 amide bonds. The summed E-state index contributed by atoms with van der Waals surface area (Å²) in [6.45, 7) is 0. The SMILES string of the molecule is [Cl][Pt][Cl].c1ccc(-c2nc3ccccc3[nH]2)nc1. The average Bonchev–Trinajstić information content (AvgIpc) is 2.84. The van der Waals surface area contributed by atoms with E-state index in [1.54, 1.807) is 6.20 Å². The van der Waals surface area contributed by atoms with Gasteiger partial charge in [-0.05, 0) is 24.3 Å². The normalized spacial score (nSPS) is 10.1. The molecule has 1 N–H and O–H groups in total. The first-order valence-corrected chi connectivity index (χ1v) is 10.7. The number of halogens is 2. The molecule has 0 unspecified atom stereocenters. The fraction of sp³-hybridized carbons (Fsp3) is 0. The molecule has 0 radical (unpaired) electrons. The maximum atomic E-state index is 4.88. The summed E-state index contributed by atoms with van der Waals surface area (Å²) in [5.74, 6) is 0.816. The van der Waals surface area contributed by atoms with E-state index in [9.17, 15) is 0 Å². The summed E-state index contributed by atoms with van der Waals surface area (Å²) >= 11 is -0.472. The van der Waals surface area contributed by atoms with Crippen LogP contribution in [0.2, 0.25) is 0 Å². The molecular weight excluding hydrogens is 452 g/mol. The van der Waals surface area contributed by atoms with E-state index >= 15 is 0 Å². The van der Waals surface area contributed by atoms with Crippen LogP contribution in [0.5, 0.6) is 0 Å². The molecule has 0 saturated carbocycles. The zero-order chi connectivity index (χ0) is 12.8. The van der Waals surface area contributed by atoms with Gasteiger partial charge >= 0.3 is 35.3 Å². The summed E-state index contributed by atoms with van der Waals surface area (Å²) in [6, 6.07) is 13.8. The van der Waals surface area contributed by atoms with E-state index < -0.39 is 16.5 Å². The predicted molar refractivity (Wildman–Crippen MR) is 71.0 cm³/mol. The summed E-state index contributed by atoms with van der Waals surface area (Å²) in [6.07, 6.45) is 1.77. The molecule has 2 aromatic heterocycles. The number of aromatic amines is 1. The third kappa shape index (κ3) is 3.32. The van der Waals surface area contributed by atoms with Gasteiger partial charge in [0.05, 0.1) is 11.0 Å². The van der Waals surface area contributed by atoms with Crippen LogP contribution in [-0.2, 0) is 16.5 Å². The Bertz CT molecular complexity index is 580. The number of pyridine rings is 1. The Balaban J connectivity index is 0.000000367. The van der Waals surface area contributed by atoms with Gasteiger partial charge in [0.2, 0.25) is 0 Å². The molecule has 3 nitrogen and oxygen atoms in total. The summed E-state index contributed by atoms with van der Waals surface area (Å²) < 4.78 is 0. The van der Waals surface area contributed by atoms with Crippen LogP contribution in [0, 0.1) is 0 Å². The minimum absolute atomic E-state index is 0.472. The van der Waals surface area contributed by atoms with Gasteiger partial charge in [-0.3, -0.25) is 4.98 Å². The monoisotopic (exact) mass is 460 g/mol. The average molecular weight is 461 g/mol. The van der Waals surface area contributed by atoms with Crippen molar-refractivity contribution in [2.24, 2.45) is 0 Å². The van der Waals surface area contributed by atoms with E-state index in [0.717, 1.165) is 22.6 Å². The maximum Gasteiger partial charge on any atom is 0.157 e. The van der Waals surface area contributed by atoms with Crippen LogP contribution in [0.1, 0.15) is 0 Å². The third-order valence-corrected chi connectivity index (χ3v) is 2.30. The molecular formula is C12H9Cl2N3Pt. The summed E-state index contributed by atoms with van der Waals surface area (Å²) in [5.41, 5.74) is 2.88. The molecule has 3 aromatic rings. The van der Waals surface area contributed by atoms with E-state index in [0.29, 0.717) is 0 Å². The van der Waals surface area contributed by atoms with Gasteiger partial charge in [-0.15, -0.1) is 0 Å². The number of aromatic nitrogens is 3. The number of nitrogens with one attached hydrogen (secondary N) is 1. The van der Waals surface area contributed by atoms with Gasteiger partial charge in [0.25, 0.3) is 0 Å². The van der Waals surface area contributed by atoms with Gasteiger partial charge in [0.1, 0.15) is 5.69 Å². The van der Waals surface area contributed by atoms with Gasteiger partial charge in [-0.2, -0.15) is 0 Å². The van der Waals surface area contributed by atoms with Crippen molar-refractivity contribution in [3.05, 3.63) is 48.7 Å². The second kappa shape index (κ2) is 6.89. The van der Waals surface area contributed by atoms with Crippen LogP contribution in [0.4, 0.5) is 0 Å². The van der Waals surface area contributed by atoms with Crippen molar-refractivity contribution in [3.8, 4) is 11.5 Å². The molecule has 6 heteroatoms. The third-order valence-electron chi connectivity index (χ3n) is 2.30. The molecule has 96 valence electrons. The van der Waals surface area contributed by atoms with Crippen molar-refractivity contribution >= 4 is 29.9 Å². The largest absolute Gasteiger partial charge is 0.337 e. The van der Waals surface area contributed by atoms with Gasteiger partial charge in [0.15, 0.2) is 5.82 Å². The first-order valence-electron chi connectivity index (χ1n) is 5.03. The van der Waals surface area contributed by atoms with Crippen LogP contribution < -0.4 is 0 Å². The fourth-order valence-electron chi connectivity index (χ4n) is 1.58. The van der Waals surface area contributed by atoms with Crippen LogP contribution >= 0.6 is 18.8 Å². The molecule has 1 aromatic carbocycles. The Morgan fingerprint density at radius 2 is 1.72 bits per heavy atom. The number of hydrogen-bond acceptors (Lipinski definition) is 2. The number of H-pyrrole nitrogens is 1. The fourth-order valence-corrected chi connectivity index (χ4v) is 1.58. The van der Waals surface area contributed by atoms with E-state index in [-0.39, 0.29) is 0 Å². The minimum Gasteiger partial charge on any atom is -0.337 e. The topological polar surface area (TPSA) is 41.6 Å². The van der Waals surface area contributed by atoms with Crippen LogP contribution in [0.25, 0.3) is 22.6 Å². The van der Waals surface area contributed by atoms with Crippen molar-refractivity contribution in [1.29, 1.82) is 0 Å². The quantitative estimate of drug-likeness (QED) is 0.596. The number of imidazole rings is 1. The second-order valence-electron chi connectivity index (χ2n) is 3.36. The van der Waals surface area contributed by atoms with Crippen molar-refractivity contribution in [2.45, 2.75) is 0 Å². The molecule has 2 heterocycles. The van der Waals surface area contributed by atoms with Gasteiger partial charge in [-0.25, -0.2) is 4.98 Å². The Morgan fingerprint density at radius 3 is 2.39 bits per heavy atom. The Kier molecular flexibility index (Phi) is 5.18. The number of para-hydroxylation sites is 2. The molecule has 0 aliphatic carbocycles.